The lowest BCUT2D eigenvalue weighted by atomic mass is 10.3. The lowest BCUT2D eigenvalue weighted by Crippen LogP contribution is -2.11. The number of nitrogens with one attached hydrogen (secondary N) is 1. The van der Waals surface area contributed by atoms with Crippen LogP contribution in [0.15, 0.2) is 29.2 Å². The van der Waals surface area contributed by atoms with Crippen molar-refractivity contribution < 1.29 is 8.42 Å². The van der Waals surface area contributed by atoms with Crippen molar-refractivity contribution in [2.45, 2.75) is 4.90 Å². The molecule has 3 N–H and O–H groups in total. The van der Waals surface area contributed by atoms with E-state index in [1.165, 1.54) is 24.3 Å². The van der Waals surface area contributed by atoms with Gasteiger partial charge in [0.15, 0.2) is 0 Å². The van der Waals surface area contributed by atoms with Gasteiger partial charge in [-0.3, -0.25) is 0 Å². The molecule has 11 heavy (non-hydrogen) atoms. The first-order chi connectivity index (χ1) is 5.00. The minimum atomic E-state index is -3.60. The van der Waals surface area contributed by atoms with Crippen molar-refractivity contribution in [1.82, 2.24) is 0 Å². The number of hydrogen-bond donors (Lipinski definition) is 1. The average molecular weight is 171 g/mol. The van der Waals surface area contributed by atoms with Crippen LogP contribution < -0.4 is 5.14 Å². The number of hydrogen-bond acceptors (Lipinski definition) is 2. The Morgan fingerprint density at radius 2 is 1.64 bits per heavy atom. The van der Waals surface area contributed by atoms with E-state index in [0.717, 1.165) is 0 Å². The van der Waals surface area contributed by atoms with E-state index in [1.54, 1.807) is 0 Å². The molecule has 0 bridgehead atoms. The van der Waals surface area contributed by atoms with Crippen LogP contribution >= 0.6 is 0 Å². The smallest absolute Gasteiger partial charge is 0.238 e. The summed E-state index contributed by atoms with van der Waals surface area (Å²) >= 11 is 0. The molecule has 0 aliphatic carbocycles. The van der Waals surface area contributed by atoms with Crippen LogP contribution in [0.2, 0.25) is 0 Å². The molecule has 1 rings (SSSR count). The maximum Gasteiger partial charge on any atom is 0.238 e. The van der Waals surface area contributed by atoms with Crippen LogP contribution in [0.3, 0.4) is 0 Å². The van der Waals surface area contributed by atoms with E-state index in [0.29, 0.717) is 0 Å². The van der Waals surface area contributed by atoms with Gasteiger partial charge in [-0.1, -0.05) is 12.1 Å². The molecule has 60 valence electrons. The van der Waals surface area contributed by atoms with Crippen LogP contribution in [-0.4, -0.2) is 8.42 Å². The summed E-state index contributed by atoms with van der Waals surface area (Å²) in [6.45, 7) is 0. The molecule has 0 unspecified atom stereocenters. The van der Waals surface area contributed by atoms with Crippen molar-refractivity contribution in [1.29, 1.82) is 0 Å². The van der Waals surface area contributed by atoms with Crippen LogP contribution in [0.25, 0.3) is 5.73 Å². The maximum absolute atomic E-state index is 10.7. The molecular weight excluding hydrogens is 164 g/mol. The van der Waals surface area contributed by atoms with E-state index in [9.17, 15) is 8.42 Å². The molecule has 0 amide bonds. The number of sulfonamides is 1. The predicted octanol–water partition coefficient (Wildman–Crippen LogP) is 1.02. The van der Waals surface area contributed by atoms with Crippen molar-refractivity contribution in [2.75, 3.05) is 0 Å². The normalized spacial score (nSPS) is 11.4. The third-order valence-electron chi connectivity index (χ3n) is 1.18. The molecule has 0 aliphatic rings. The fraction of sp³-hybridized carbons (Fsp3) is 0. The van der Waals surface area contributed by atoms with Crippen molar-refractivity contribution in [3.05, 3.63) is 30.0 Å². The average Bonchev–Trinajstić information content (AvgIpc) is 1.86. The molecule has 0 fully saturated rings. The Hall–Kier alpha value is -1.07. The number of rotatable bonds is 1. The summed E-state index contributed by atoms with van der Waals surface area (Å²) in [6.07, 6.45) is 0. The highest BCUT2D eigenvalue weighted by atomic mass is 32.2. The zero-order valence-electron chi connectivity index (χ0n) is 5.61. The van der Waals surface area contributed by atoms with Crippen molar-refractivity contribution in [2.24, 2.45) is 5.14 Å². The second-order valence-electron chi connectivity index (χ2n) is 2.07. The lowest BCUT2D eigenvalue weighted by Gasteiger charge is -2.02. The molecule has 0 spiro atoms. The van der Waals surface area contributed by atoms with Crippen LogP contribution in [-0.2, 0) is 10.0 Å². The molecule has 0 aromatic heterocycles. The summed E-state index contributed by atoms with van der Waals surface area (Å²) in [5.41, 5.74) is 7.32. The Morgan fingerprint density at radius 3 is 2.00 bits per heavy atom. The van der Waals surface area contributed by atoms with Crippen molar-refractivity contribution >= 4 is 15.7 Å². The van der Waals surface area contributed by atoms with Crippen LogP contribution in [0, 0.1) is 0 Å². The van der Waals surface area contributed by atoms with E-state index in [1.807, 2.05) is 0 Å². The zero-order chi connectivity index (χ0) is 8.48. The highest BCUT2D eigenvalue weighted by molar-refractivity contribution is 7.89. The second kappa shape index (κ2) is 2.52. The molecule has 4 nitrogen and oxygen atoms in total. The van der Waals surface area contributed by atoms with Gasteiger partial charge < -0.3 is 5.73 Å². The van der Waals surface area contributed by atoms with Crippen molar-refractivity contribution in [3.8, 4) is 0 Å². The van der Waals surface area contributed by atoms with Crippen LogP contribution in [0.1, 0.15) is 0 Å². The molecule has 1 aromatic carbocycles. The first-order valence-electron chi connectivity index (χ1n) is 2.84. The van der Waals surface area contributed by atoms with E-state index in [4.69, 9.17) is 10.9 Å². The van der Waals surface area contributed by atoms with Gasteiger partial charge in [-0.15, -0.1) is 5.69 Å². The molecular formula is C6H7N2O2S-. The van der Waals surface area contributed by atoms with Gasteiger partial charge in [0.25, 0.3) is 0 Å². The Labute approximate surface area is 64.9 Å². The van der Waals surface area contributed by atoms with E-state index in [2.05, 4.69) is 0 Å². The van der Waals surface area contributed by atoms with E-state index < -0.39 is 10.0 Å². The standard InChI is InChI=1S/C6H7N2O2S/c7-5-1-3-6(4-2-5)11(8,9)10/h1-4,7H,(H2,8,9,10)/q-1. The van der Waals surface area contributed by atoms with Gasteiger partial charge in [0.2, 0.25) is 10.0 Å². The summed E-state index contributed by atoms with van der Waals surface area (Å²) in [7, 11) is -3.60. The topological polar surface area (TPSA) is 84.0 Å². The Kier molecular flexibility index (Phi) is 1.84. The summed E-state index contributed by atoms with van der Waals surface area (Å²) < 4.78 is 21.3. The van der Waals surface area contributed by atoms with Gasteiger partial charge in [-0.25, -0.2) is 13.6 Å². The Morgan fingerprint density at radius 1 is 1.18 bits per heavy atom. The number of benzene rings is 1. The molecule has 0 heterocycles. The summed E-state index contributed by atoms with van der Waals surface area (Å²) in [5.74, 6) is 0. The Balaban J connectivity index is 3.20. The number of nitrogens with two attached hydrogens (primary N) is 1. The largest absolute Gasteiger partial charge is 0.699 e. The first-order valence-corrected chi connectivity index (χ1v) is 4.39. The molecule has 0 saturated heterocycles. The SMILES string of the molecule is [NH-]c1ccc(S(N)(=O)=O)cc1. The predicted molar refractivity (Wildman–Crippen MR) is 41.8 cm³/mol. The van der Waals surface area contributed by atoms with Gasteiger partial charge in [0, 0.05) is 0 Å². The van der Waals surface area contributed by atoms with Gasteiger partial charge in [-0.05, 0) is 12.1 Å². The Bertz CT molecular complexity index is 341. The van der Waals surface area contributed by atoms with Gasteiger partial charge >= 0.3 is 0 Å². The van der Waals surface area contributed by atoms with Gasteiger partial charge in [-0.2, -0.15) is 0 Å². The quantitative estimate of drug-likeness (QED) is 0.684. The summed E-state index contributed by atoms with van der Waals surface area (Å²) in [5, 5.41) is 4.82. The minimum absolute atomic E-state index is 0.0356. The van der Waals surface area contributed by atoms with E-state index >= 15 is 0 Å². The minimum Gasteiger partial charge on any atom is -0.699 e. The molecule has 0 saturated carbocycles. The maximum atomic E-state index is 10.7. The third kappa shape index (κ3) is 1.92. The van der Waals surface area contributed by atoms with Gasteiger partial charge in [0.1, 0.15) is 0 Å². The highest BCUT2D eigenvalue weighted by Crippen LogP contribution is 2.13. The first kappa shape index (κ1) is 8.03. The van der Waals surface area contributed by atoms with Crippen LogP contribution in [0.4, 0.5) is 5.69 Å². The second-order valence-corrected chi connectivity index (χ2v) is 3.63. The molecule has 1 aromatic rings. The molecule has 0 aliphatic heterocycles. The third-order valence-corrected chi connectivity index (χ3v) is 2.11. The highest BCUT2D eigenvalue weighted by Gasteiger charge is 2.04. The summed E-state index contributed by atoms with van der Waals surface area (Å²) in [6, 6.07) is 5.36. The van der Waals surface area contributed by atoms with E-state index in [-0.39, 0.29) is 10.6 Å². The zero-order valence-corrected chi connectivity index (χ0v) is 6.43. The lowest BCUT2D eigenvalue weighted by molar-refractivity contribution is 0.598. The van der Waals surface area contributed by atoms with Crippen LogP contribution in [0.5, 0.6) is 0 Å². The summed E-state index contributed by atoms with van der Waals surface area (Å²) in [4.78, 5) is 0.0356. The molecule has 5 heteroatoms. The fourth-order valence-corrected chi connectivity index (χ4v) is 1.16. The molecule has 0 atom stereocenters. The number of primary sulfonamides is 1. The monoisotopic (exact) mass is 171 g/mol. The van der Waals surface area contributed by atoms with Crippen molar-refractivity contribution in [3.63, 3.8) is 0 Å². The molecule has 0 radical (unpaired) electrons. The van der Waals surface area contributed by atoms with Gasteiger partial charge in [0.05, 0.1) is 4.90 Å². The fourth-order valence-electron chi connectivity index (χ4n) is 0.645.